The Labute approximate surface area is 120 Å². The van der Waals surface area contributed by atoms with Gasteiger partial charge in [0, 0.05) is 0 Å². The maximum Gasteiger partial charge on any atom is 0.324 e. The van der Waals surface area contributed by atoms with Crippen LogP contribution in [0.25, 0.3) is 0 Å². The lowest BCUT2D eigenvalue weighted by molar-refractivity contribution is 0.0901. The molecule has 0 aliphatic heterocycles. The summed E-state index contributed by atoms with van der Waals surface area (Å²) in [5, 5.41) is 0. The molecule has 2 N–H and O–H groups in total. The highest BCUT2D eigenvalue weighted by atomic mass is 16.5. The van der Waals surface area contributed by atoms with E-state index in [1.807, 2.05) is 13.8 Å². The van der Waals surface area contributed by atoms with Crippen LogP contribution in [0.1, 0.15) is 47.0 Å². The first-order valence-corrected chi connectivity index (χ1v) is 7.27. The molecular formula is C14H24N4O2. The molecule has 2 rings (SSSR count). The van der Waals surface area contributed by atoms with Crippen LogP contribution in [0.4, 0.5) is 5.95 Å². The number of ether oxygens (including phenoxy) is 2. The predicted octanol–water partition coefficient (Wildman–Crippen LogP) is 2.44. The van der Waals surface area contributed by atoms with Crippen molar-refractivity contribution in [2.75, 3.05) is 5.73 Å². The van der Waals surface area contributed by atoms with Gasteiger partial charge in [-0.1, -0.05) is 13.8 Å². The van der Waals surface area contributed by atoms with Gasteiger partial charge in [0.05, 0.1) is 6.10 Å². The molecule has 6 nitrogen and oxygen atoms in total. The maximum atomic E-state index is 5.88. The molecule has 0 radical (unpaired) electrons. The first-order valence-electron chi connectivity index (χ1n) is 7.27. The normalized spacial score (nSPS) is 26.6. The van der Waals surface area contributed by atoms with Gasteiger partial charge in [0.25, 0.3) is 0 Å². The van der Waals surface area contributed by atoms with Crippen LogP contribution in [-0.4, -0.2) is 27.2 Å². The van der Waals surface area contributed by atoms with Crippen LogP contribution in [0.2, 0.25) is 0 Å². The molecule has 0 aromatic carbocycles. The summed E-state index contributed by atoms with van der Waals surface area (Å²) in [6.45, 7) is 8.32. The van der Waals surface area contributed by atoms with E-state index in [1.165, 1.54) is 6.42 Å². The fourth-order valence-electron chi connectivity index (χ4n) is 2.79. The van der Waals surface area contributed by atoms with Crippen molar-refractivity contribution in [1.29, 1.82) is 0 Å². The van der Waals surface area contributed by atoms with Crippen molar-refractivity contribution in [2.45, 2.75) is 59.2 Å². The molecule has 0 saturated heterocycles. The van der Waals surface area contributed by atoms with Gasteiger partial charge in [-0.15, -0.1) is 4.98 Å². The molecule has 6 heteroatoms. The van der Waals surface area contributed by atoms with Gasteiger partial charge in [-0.25, -0.2) is 0 Å². The molecule has 1 aliphatic carbocycles. The van der Waals surface area contributed by atoms with Crippen LogP contribution in [0.5, 0.6) is 12.0 Å². The fraction of sp³-hybridized carbons (Fsp3) is 0.786. The Morgan fingerprint density at radius 3 is 2.20 bits per heavy atom. The quantitative estimate of drug-likeness (QED) is 0.912. The van der Waals surface area contributed by atoms with Gasteiger partial charge in [-0.3, -0.25) is 0 Å². The predicted molar refractivity (Wildman–Crippen MR) is 76.6 cm³/mol. The van der Waals surface area contributed by atoms with Crippen LogP contribution in [0, 0.1) is 11.8 Å². The van der Waals surface area contributed by atoms with Crippen molar-refractivity contribution in [3.8, 4) is 12.0 Å². The lowest BCUT2D eigenvalue weighted by atomic mass is 9.82. The number of hydrogen-bond donors (Lipinski definition) is 1. The molecule has 0 amide bonds. The van der Waals surface area contributed by atoms with E-state index in [9.17, 15) is 0 Å². The third-order valence-electron chi connectivity index (χ3n) is 3.36. The first kappa shape index (κ1) is 14.8. The zero-order valence-corrected chi connectivity index (χ0v) is 12.7. The third kappa shape index (κ3) is 4.21. The molecule has 112 valence electrons. The maximum absolute atomic E-state index is 5.88. The average Bonchev–Trinajstić information content (AvgIpc) is 2.24. The highest BCUT2D eigenvalue weighted by Gasteiger charge is 2.26. The second kappa shape index (κ2) is 6.24. The van der Waals surface area contributed by atoms with Crippen LogP contribution in [0.15, 0.2) is 0 Å². The number of nitrogens with two attached hydrogens (primary N) is 1. The molecule has 0 spiro atoms. The second-order valence-electron chi connectivity index (χ2n) is 6.08. The minimum absolute atomic E-state index is 0.0145. The van der Waals surface area contributed by atoms with Crippen LogP contribution in [-0.2, 0) is 0 Å². The van der Waals surface area contributed by atoms with E-state index in [4.69, 9.17) is 15.2 Å². The molecule has 0 bridgehead atoms. The van der Waals surface area contributed by atoms with Crippen molar-refractivity contribution in [3.63, 3.8) is 0 Å². The van der Waals surface area contributed by atoms with Gasteiger partial charge < -0.3 is 15.2 Å². The summed E-state index contributed by atoms with van der Waals surface area (Å²) in [7, 11) is 0. The fourth-order valence-corrected chi connectivity index (χ4v) is 2.79. The molecule has 1 heterocycles. The number of hydrogen-bond acceptors (Lipinski definition) is 6. The SMILES string of the molecule is CC1CC(C)CC(Oc2nc(N)nc(OC(C)C)n2)C1. The zero-order chi connectivity index (χ0) is 14.7. The standard InChI is InChI=1S/C14H24N4O2/c1-8(2)19-13-16-12(15)17-14(18-13)20-11-6-9(3)5-10(4)7-11/h8-11H,5-7H2,1-4H3,(H2,15,16,17,18). The van der Waals surface area contributed by atoms with Crippen molar-refractivity contribution in [1.82, 2.24) is 15.0 Å². The molecule has 2 unspecified atom stereocenters. The summed E-state index contributed by atoms with van der Waals surface area (Å²) in [5.41, 5.74) is 5.67. The van der Waals surface area contributed by atoms with E-state index in [0.717, 1.165) is 12.8 Å². The summed E-state index contributed by atoms with van der Waals surface area (Å²) < 4.78 is 11.3. The molecule has 1 aliphatic rings. The van der Waals surface area contributed by atoms with Gasteiger partial charge >= 0.3 is 12.0 Å². The van der Waals surface area contributed by atoms with Crippen LogP contribution >= 0.6 is 0 Å². The Kier molecular flexibility index (Phi) is 4.62. The number of rotatable bonds is 4. The van der Waals surface area contributed by atoms with Gasteiger partial charge in [-0.2, -0.15) is 9.97 Å². The van der Waals surface area contributed by atoms with E-state index in [-0.39, 0.29) is 30.2 Å². The average molecular weight is 280 g/mol. The Morgan fingerprint density at radius 1 is 1.00 bits per heavy atom. The number of anilines is 1. The van der Waals surface area contributed by atoms with Crippen molar-refractivity contribution in [2.24, 2.45) is 11.8 Å². The summed E-state index contributed by atoms with van der Waals surface area (Å²) in [6.07, 6.45) is 3.43. The van der Waals surface area contributed by atoms with E-state index in [1.54, 1.807) is 0 Å². The molecule has 1 aromatic heterocycles. The molecule has 20 heavy (non-hydrogen) atoms. The minimum Gasteiger partial charge on any atom is -0.461 e. The molecule has 1 saturated carbocycles. The zero-order valence-electron chi connectivity index (χ0n) is 12.7. The van der Waals surface area contributed by atoms with Crippen LogP contribution < -0.4 is 15.2 Å². The van der Waals surface area contributed by atoms with E-state index >= 15 is 0 Å². The number of aromatic nitrogens is 3. The van der Waals surface area contributed by atoms with E-state index in [2.05, 4.69) is 28.8 Å². The second-order valence-corrected chi connectivity index (χ2v) is 6.08. The Morgan fingerprint density at radius 2 is 1.60 bits per heavy atom. The summed E-state index contributed by atoms with van der Waals surface area (Å²) in [6, 6.07) is 0.485. The highest BCUT2D eigenvalue weighted by molar-refractivity contribution is 5.20. The minimum atomic E-state index is -0.0145. The lowest BCUT2D eigenvalue weighted by Crippen LogP contribution is -2.29. The lowest BCUT2D eigenvalue weighted by Gasteiger charge is -2.30. The summed E-state index contributed by atoms with van der Waals surface area (Å²) in [4.78, 5) is 12.2. The Balaban J connectivity index is 2.06. The van der Waals surface area contributed by atoms with Gasteiger partial charge in [0.15, 0.2) is 0 Å². The van der Waals surface area contributed by atoms with E-state index < -0.39 is 0 Å². The van der Waals surface area contributed by atoms with Gasteiger partial charge in [-0.05, 0) is 44.9 Å². The van der Waals surface area contributed by atoms with E-state index in [0.29, 0.717) is 11.8 Å². The smallest absolute Gasteiger partial charge is 0.324 e. The summed E-state index contributed by atoms with van der Waals surface area (Å²) >= 11 is 0. The third-order valence-corrected chi connectivity index (χ3v) is 3.36. The highest BCUT2D eigenvalue weighted by Crippen LogP contribution is 2.30. The molecular weight excluding hydrogens is 256 g/mol. The molecule has 1 fully saturated rings. The monoisotopic (exact) mass is 280 g/mol. The largest absolute Gasteiger partial charge is 0.461 e. The topological polar surface area (TPSA) is 83.2 Å². The number of nitrogens with zero attached hydrogens (tertiary/aromatic N) is 3. The van der Waals surface area contributed by atoms with Gasteiger partial charge in [0.2, 0.25) is 5.95 Å². The molecule has 1 aromatic rings. The van der Waals surface area contributed by atoms with Crippen molar-refractivity contribution < 1.29 is 9.47 Å². The first-order chi connectivity index (χ1) is 9.42. The van der Waals surface area contributed by atoms with Gasteiger partial charge in [0.1, 0.15) is 6.10 Å². The van der Waals surface area contributed by atoms with Crippen molar-refractivity contribution >= 4 is 5.95 Å². The van der Waals surface area contributed by atoms with Crippen LogP contribution in [0.3, 0.4) is 0 Å². The Hall–Kier alpha value is -1.59. The van der Waals surface area contributed by atoms with Crippen molar-refractivity contribution in [3.05, 3.63) is 0 Å². The number of nitrogen functional groups attached to an aromatic ring is 1. The summed E-state index contributed by atoms with van der Waals surface area (Å²) in [5.74, 6) is 1.45. The molecule has 2 atom stereocenters. The Bertz CT molecular complexity index is 443.